The molecule has 0 aromatic heterocycles. The van der Waals surface area contributed by atoms with Crippen molar-refractivity contribution < 1.29 is 18.3 Å². The zero-order valence-corrected chi connectivity index (χ0v) is 14.5. The maximum atomic E-state index is 14.4. The Morgan fingerprint density at radius 3 is 2.72 bits per heavy atom. The van der Waals surface area contributed by atoms with E-state index >= 15 is 0 Å². The first-order chi connectivity index (χ1) is 12.1. The van der Waals surface area contributed by atoms with E-state index in [1.165, 1.54) is 0 Å². The quantitative estimate of drug-likeness (QED) is 0.867. The number of benzene rings is 2. The lowest BCUT2D eigenvalue weighted by atomic mass is 9.89. The Bertz CT molecular complexity index is 804. The van der Waals surface area contributed by atoms with Gasteiger partial charge in [-0.1, -0.05) is 11.6 Å². The minimum atomic E-state index is -0.690. The summed E-state index contributed by atoms with van der Waals surface area (Å²) in [6.07, 6.45) is 0.967. The molecular weight excluding hydrogens is 348 g/mol. The van der Waals surface area contributed by atoms with Crippen LogP contribution in [-0.4, -0.2) is 25.8 Å². The Hall–Kier alpha value is -1.85. The van der Waals surface area contributed by atoms with Gasteiger partial charge in [0.2, 0.25) is 0 Å². The SMILES string of the molecule is CCOc1cc(-c2c(F)cc(Cl)cc2F)cc2c1OC1CCNCC21. The molecule has 3 nitrogen and oxygen atoms in total. The average molecular weight is 366 g/mol. The van der Waals surface area contributed by atoms with Crippen LogP contribution < -0.4 is 14.8 Å². The van der Waals surface area contributed by atoms with Crippen LogP contribution >= 0.6 is 11.6 Å². The molecule has 2 aromatic carbocycles. The van der Waals surface area contributed by atoms with Crippen molar-refractivity contribution in [3.63, 3.8) is 0 Å². The molecular formula is C19H18ClF2NO2. The van der Waals surface area contributed by atoms with Gasteiger partial charge in [0.25, 0.3) is 0 Å². The summed E-state index contributed by atoms with van der Waals surface area (Å²) in [6.45, 7) is 3.98. The molecule has 0 spiro atoms. The van der Waals surface area contributed by atoms with E-state index in [0.29, 0.717) is 23.7 Å². The lowest BCUT2D eigenvalue weighted by Crippen LogP contribution is -2.37. The van der Waals surface area contributed by atoms with Gasteiger partial charge in [-0.3, -0.25) is 0 Å². The lowest BCUT2D eigenvalue weighted by Gasteiger charge is -2.24. The van der Waals surface area contributed by atoms with E-state index < -0.39 is 11.6 Å². The summed E-state index contributed by atoms with van der Waals surface area (Å²) >= 11 is 5.74. The van der Waals surface area contributed by atoms with Gasteiger partial charge in [-0.05, 0) is 49.7 Å². The fourth-order valence-corrected chi connectivity index (χ4v) is 3.88. The number of fused-ring (bicyclic) bond motifs is 3. The Kier molecular flexibility index (Phi) is 4.29. The highest BCUT2D eigenvalue weighted by Crippen LogP contribution is 2.48. The number of hydrogen-bond acceptors (Lipinski definition) is 3. The second-order valence-corrected chi connectivity index (χ2v) is 6.76. The molecule has 2 unspecified atom stereocenters. The second kappa shape index (κ2) is 6.46. The Labute approximate surface area is 149 Å². The van der Waals surface area contributed by atoms with E-state index in [1.54, 1.807) is 6.07 Å². The number of rotatable bonds is 3. The molecule has 0 aliphatic carbocycles. The van der Waals surface area contributed by atoms with Crippen LogP contribution in [0.5, 0.6) is 11.5 Å². The minimum absolute atomic E-state index is 0.0322. The summed E-state index contributed by atoms with van der Waals surface area (Å²) in [5, 5.41) is 3.38. The zero-order chi connectivity index (χ0) is 17.6. The Balaban J connectivity index is 1.87. The normalized spacial score (nSPS) is 21.4. The summed E-state index contributed by atoms with van der Waals surface area (Å²) in [6, 6.07) is 5.69. The van der Waals surface area contributed by atoms with Gasteiger partial charge in [-0.2, -0.15) is 0 Å². The highest BCUT2D eigenvalue weighted by Gasteiger charge is 2.38. The van der Waals surface area contributed by atoms with E-state index in [0.717, 1.165) is 37.2 Å². The van der Waals surface area contributed by atoms with Gasteiger partial charge in [-0.25, -0.2) is 8.78 Å². The van der Waals surface area contributed by atoms with Gasteiger partial charge in [0.1, 0.15) is 17.7 Å². The molecule has 0 bridgehead atoms. The van der Waals surface area contributed by atoms with E-state index in [4.69, 9.17) is 21.1 Å². The van der Waals surface area contributed by atoms with Crippen LogP contribution in [0.2, 0.25) is 5.02 Å². The number of hydrogen-bond donors (Lipinski definition) is 1. The standard InChI is InChI=1S/C19H18ClF2NO2/c1-2-24-17-6-10(18-14(21)7-11(20)8-15(18)22)5-12-13-9-23-4-3-16(13)25-19(12)17/h5-8,13,16,23H,2-4,9H2,1H3. The molecule has 0 saturated carbocycles. The topological polar surface area (TPSA) is 30.5 Å². The summed E-state index contributed by atoms with van der Waals surface area (Å²) in [5.41, 5.74) is 1.27. The first kappa shape index (κ1) is 16.6. The lowest BCUT2D eigenvalue weighted by molar-refractivity contribution is 0.166. The number of piperidine rings is 1. The maximum absolute atomic E-state index is 14.4. The van der Waals surface area contributed by atoms with Crippen LogP contribution in [0.4, 0.5) is 8.78 Å². The van der Waals surface area contributed by atoms with Gasteiger partial charge in [0.05, 0.1) is 12.2 Å². The van der Waals surface area contributed by atoms with Crippen molar-refractivity contribution in [3.05, 3.63) is 46.5 Å². The van der Waals surface area contributed by atoms with Crippen molar-refractivity contribution in [1.82, 2.24) is 5.32 Å². The number of ether oxygens (including phenoxy) is 2. The third kappa shape index (κ3) is 2.85. The van der Waals surface area contributed by atoms with Gasteiger partial charge < -0.3 is 14.8 Å². The monoisotopic (exact) mass is 365 g/mol. The van der Waals surface area contributed by atoms with Crippen molar-refractivity contribution in [2.24, 2.45) is 0 Å². The summed E-state index contributed by atoms with van der Waals surface area (Å²) in [4.78, 5) is 0. The molecule has 1 saturated heterocycles. The summed E-state index contributed by atoms with van der Waals surface area (Å²) in [5.74, 6) is -0.00664. The minimum Gasteiger partial charge on any atom is -0.490 e. The highest BCUT2D eigenvalue weighted by molar-refractivity contribution is 6.30. The van der Waals surface area contributed by atoms with Crippen LogP contribution in [0.3, 0.4) is 0 Å². The first-order valence-corrected chi connectivity index (χ1v) is 8.79. The molecule has 2 atom stereocenters. The van der Waals surface area contributed by atoms with Crippen LogP contribution in [0, 0.1) is 11.6 Å². The summed E-state index contributed by atoms with van der Waals surface area (Å²) in [7, 11) is 0. The first-order valence-electron chi connectivity index (χ1n) is 8.41. The fourth-order valence-electron chi connectivity index (χ4n) is 3.69. The van der Waals surface area contributed by atoms with Crippen molar-refractivity contribution in [2.45, 2.75) is 25.4 Å². The van der Waals surface area contributed by atoms with Crippen LogP contribution in [-0.2, 0) is 0 Å². The summed E-state index contributed by atoms with van der Waals surface area (Å²) < 4.78 is 40.6. The van der Waals surface area contributed by atoms with Gasteiger partial charge in [0, 0.05) is 23.0 Å². The third-order valence-corrected chi connectivity index (χ3v) is 4.98. The molecule has 132 valence electrons. The van der Waals surface area contributed by atoms with Crippen molar-refractivity contribution in [2.75, 3.05) is 19.7 Å². The van der Waals surface area contributed by atoms with Crippen LogP contribution in [0.1, 0.15) is 24.8 Å². The largest absolute Gasteiger partial charge is 0.490 e. The molecule has 0 radical (unpaired) electrons. The second-order valence-electron chi connectivity index (χ2n) is 6.33. The van der Waals surface area contributed by atoms with Gasteiger partial charge >= 0.3 is 0 Å². The van der Waals surface area contributed by atoms with E-state index in [9.17, 15) is 8.78 Å². The molecule has 2 aromatic rings. The predicted molar refractivity (Wildman–Crippen MR) is 92.6 cm³/mol. The van der Waals surface area contributed by atoms with Crippen molar-refractivity contribution in [1.29, 1.82) is 0 Å². The Morgan fingerprint density at radius 2 is 2.00 bits per heavy atom. The van der Waals surface area contributed by atoms with E-state index in [1.807, 2.05) is 13.0 Å². The molecule has 4 rings (SSSR count). The molecule has 1 fully saturated rings. The number of nitrogens with one attached hydrogen (secondary N) is 1. The fraction of sp³-hybridized carbons (Fsp3) is 0.368. The van der Waals surface area contributed by atoms with Gasteiger partial charge in [-0.15, -0.1) is 0 Å². The molecule has 0 amide bonds. The highest BCUT2D eigenvalue weighted by atomic mass is 35.5. The molecule has 2 aliphatic rings. The molecule has 6 heteroatoms. The predicted octanol–water partition coefficient (Wildman–Crippen LogP) is 4.52. The molecule has 1 N–H and O–H groups in total. The van der Waals surface area contributed by atoms with Gasteiger partial charge in [0.15, 0.2) is 11.5 Å². The van der Waals surface area contributed by atoms with Crippen molar-refractivity contribution in [3.8, 4) is 22.6 Å². The smallest absolute Gasteiger partial charge is 0.165 e. The molecule has 2 aliphatic heterocycles. The van der Waals surface area contributed by atoms with Crippen LogP contribution in [0.15, 0.2) is 24.3 Å². The maximum Gasteiger partial charge on any atom is 0.165 e. The average Bonchev–Trinajstić information content (AvgIpc) is 2.93. The van der Waals surface area contributed by atoms with E-state index in [-0.39, 0.29) is 22.6 Å². The molecule has 25 heavy (non-hydrogen) atoms. The Morgan fingerprint density at radius 1 is 1.24 bits per heavy atom. The number of halogens is 3. The van der Waals surface area contributed by atoms with Crippen LogP contribution in [0.25, 0.3) is 11.1 Å². The molecule has 2 heterocycles. The van der Waals surface area contributed by atoms with Crippen molar-refractivity contribution >= 4 is 11.6 Å². The third-order valence-electron chi connectivity index (χ3n) is 4.77. The zero-order valence-electron chi connectivity index (χ0n) is 13.7. The van der Waals surface area contributed by atoms with E-state index in [2.05, 4.69) is 5.32 Å².